The van der Waals surface area contributed by atoms with Crippen molar-refractivity contribution >= 4 is 36.4 Å². The Hall–Kier alpha value is -1.85. The first kappa shape index (κ1) is 24.1. The van der Waals surface area contributed by atoms with E-state index in [9.17, 15) is 19.2 Å². The minimum Gasteiger partial charge on any atom is -0.480 e. The second kappa shape index (κ2) is 12.5. The Morgan fingerprint density at radius 2 is 1.81 bits per heavy atom. The zero-order valence-electron chi connectivity index (χ0n) is 15.1. The van der Waals surface area contributed by atoms with Crippen LogP contribution >= 0.6 is 12.6 Å². The molecule has 3 unspecified atom stereocenters. The first-order valence-corrected chi connectivity index (χ1v) is 8.71. The molecular formula is C15H27N3O7S. The largest absolute Gasteiger partial charge is 0.480 e. The number of thiol groups is 1. The van der Waals surface area contributed by atoms with Gasteiger partial charge in [-0.3, -0.25) is 19.2 Å². The highest BCUT2D eigenvalue weighted by molar-refractivity contribution is 7.80. The molecule has 0 aliphatic heterocycles. The summed E-state index contributed by atoms with van der Waals surface area (Å²) in [6, 6.07) is -2.14. The number of carboxylic acid groups (broad SMARTS) is 1. The van der Waals surface area contributed by atoms with Crippen LogP contribution in [0.3, 0.4) is 0 Å². The van der Waals surface area contributed by atoms with E-state index in [0.717, 1.165) is 0 Å². The molecule has 26 heavy (non-hydrogen) atoms. The third kappa shape index (κ3) is 10.9. The van der Waals surface area contributed by atoms with E-state index in [2.05, 4.69) is 23.3 Å². The smallest absolute Gasteiger partial charge is 0.327 e. The molecule has 0 aromatic heterocycles. The lowest BCUT2D eigenvalue weighted by Gasteiger charge is -2.18. The van der Waals surface area contributed by atoms with Crippen molar-refractivity contribution in [3.8, 4) is 0 Å². The molecule has 0 spiro atoms. The van der Waals surface area contributed by atoms with E-state index < -0.39 is 48.7 Å². The van der Waals surface area contributed by atoms with Crippen molar-refractivity contribution < 1.29 is 33.8 Å². The highest BCUT2D eigenvalue weighted by atomic mass is 32.1. The van der Waals surface area contributed by atoms with Crippen LogP contribution in [0.2, 0.25) is 0 Å². The van der Waals surface area contributed by atoms with Crippen molar-refractivity contribution in [1.82, 2.24) is 10.6 Å². The van der Waals surface area contributed by atoms with Gasteiger partial charge in [0.15, 0.2) is 6.29 Å². The molecule has 0 saturated carbocycles. The van der Waals surface area contributed by atoms with Crippen LogP contribution in [-0.4, -0.2) is 65.6 Å². The summed E-state index contributed by atoms with van der Waals surface area (Å²) in [6.07, 6.45) is -1.09. The van der Waals surface area contributed by atoms with E-state index >= 15 is 0 Å². The van der Waals surface area contributed by atoms with Gasteiger partial charge in [0.1, 0.15) is 18.6 Å². The van der Waals surface area contributed by atoms with E-state index in [-0.39, 0.29) is 24.7 Å². The Balaban J connectivity index is 4.29. The molecule has 0 aromatic rings. The molecule has 0 saturated heterocycles. The van der Waals surface area contributed by atoms with Crippen LogP contribution in [0.5, 0.6) is 0 Å². The summed E-state index contributed by atoms with van der Waals surface area (Å²) >= 11 is 3.98. The SMILES string of the molecule is CC(C)OC(C)OC(=O)CNC(=O)C(CS)NC(=O)CCC(N)C(=O)O. The van der Waals surface area contributed by atoms with Gasteiger partial charge in [-0.15, -0.1) is 0 Å². The predicted molar refractivity (Wildman–Crippen MR) is 95.4 cm³/mol. The lowest BCUT2D eigenvalue weighted by molar-refractivity contribution is -0.180. The molecule has 3 atom stereocenters. The Labute approximate surface area is 157 Å². The van der Waals surface area contributed by atoms with E-state index in [1.165, 1.54) is 0 Å². The zero-order valence-corrected chi connectivity index (χ0v) is 16.0. The van der Waals surface area contributed by atoms with Crippen LogP contribution in [0.15, 0.2) is 0 Å². The lowest BCUT2D eigenvalue weighted by atomic mass is 10.1. The van der Waals surface area contributed by atoms with Gasteiger partial charge in [0.25, 0.3) is 0 Å². The van der Waals surface area contributed by atoms with E-state index in [1.54, 1.807) is 20.8 Å². The Bertz CT molecular complexity index is 502. The molecule has 0 heterocycles. The van der Waals surface area contributed by atoms with Crippen LogP contribution in [-0.2, 0) is 28.7 Å². The number of carboxylic acids is 1. The quantitative estimate of drug-likeness (QED) is 0.161. The number of carbonyl (C=O) groups excluding carboxylic acids is 3. The molecule has 0 aromatic carbocycles. The van der Waals surface area contributed by atoms with Crippen molar-refractivity contribution in [2.75, 3.05) is 12.3 Å². The number of amides is 2. The van der Waals surface area contributed by atoms with Crippen LogP contribution in [0.4, 0.5) is 0 Å². The first-order valence-electron chi connectivity index (χ1n) is 8.08. The molecular weight excluding hydrogens is 366 g/mol. The van der Waals surface area contributed by atoms with Gasteiger partial charge < -0.3 is 30.9 Å². The molecule has 10 nitrogen and oxygen atoms in total. The number of ether oxygens (including phenoxy) is 2. The topological polar surface area (TPSA) is 157 Å². The summed E-state index contributed by atoms with van der Waals surface area (Å²) in [4.78, 5) is 46.0. The van der Waals surface area contributed by atoms with Crippen molar-refractivity contribution in [2.24, 2.45) is 5.73 Å². The second-order valence-corrected chi connectivity index (χ2v) is 6.11. The summed E-state index contributed by atoms with van der Waals surface area (Å²) in [6.45, 7) is 4.73. The van der Waals surface area contributed by atoms with Crippen LogP contribution in [0.25, 0.3) is 0 Å². The number of hydrogen-bond donors (Lipinski definition) is 5. The molecule has 11 heteroatoms. The maximum Gasteiger partial charge on any atom is 0.327 e. The molecule has 0 aliphatic carbocycles. The lowest BCUT2D eigenvalue weighted by Crippen LogP contribution is -2.49. The van der Waals surface area contributed by atoms with E-state index in [4.69, 9.17) is 20.3 Å². The highest BCUT2D eigenvalue weighted by Crippen LogP contribution is 2.00. The minimum atomic E-state index is -1.21. The number of esters is 1. The first-order chi connectivity index (χ1) is 12.1. The number of nitrogens with one attached hydrogen (secondary N) is 2. The summed E-state index contributed by atoms with van der Waals surface area (Å²) in [5.74, 6) is -3.08. The number of rotatable bonds is 12. The Morgan fingerprint density at radius 1 is 1.19 bits per heavy atom. The van der Waals surface area contributed by atoms with Gasteiger partial charge in [0.05, 0.1) is 6.10 Å². The monoisotopic (exact) mass is 393 g/mol. The molecule has 5 N–H and O–H groups in total. The Morgan fingerprint density at radius 3 is 2.31 bits per heavy atom. The summed E-state index contributed by atoms with van der Waals surface area (Å²) in [5, 5.41) is 13.4. The average Bonchev–Trinajstić information content (AvgIpc) is 2.54. The van der Waals surface area contributed by atoms with Crippen molar-refractivity contribution in [1.29, 1.82) is 0 Å². The predicted octanol–water partition coefficient (Wildman–Crippen LogP) is -0.976. The van der Waals surface area contributed by atoms with E-state index in [0.29, 0.717) is 0 Å². The maximum absolute atomic E-state index is 12.0. The van der Waals surface area contributed by atoms with Gasteiger partial charge in [-0.2, -0.15) is 12.6 Å². The number of aliphatic carboxylic acids is 1. The molecule has 0 fully saturated rings. The molecule has 0 aliphatic rings. The number of nitrogens with two attached hydrogens (primary N) is 1. The zero-order chi connectivity index (χ0) is 20.3. The van der Waals surface area contributed by atoms with Crippen LogP contribution < -0.4 is 16.4 Å². The molecule has 0 rings (SSSR count). The average molecular weight is 393 g/mol. The third-order valence-electron chi connectivity index (χ3n) is 3.00. The van der Waals surface area contributed by atoms with Gasteiger partial charge >= 0.3 is 11.9 Å². The maximum atomic E-state index is 12.0. The third-order valence-corrected chi connectivity index (χ3v) is 3.37. The summed E-state index contributed by atoms with van der Waals surface area (Å²) < 4.78 is 10.2. The fourth-order valence-electron chi connectivity index (χ4n) is 1.79. The molecule has 2 amide bonds. The van der Waals surface area contributed by atoms with Crippen LogP contribution in [0, 0.1) is 0 Å². The highest BCUT2D eigenvalue weighted by Gasteiger charge is 2.21. The minimum absolute atomic E-state index is 0.00946. The molecule has 0 bridgehead atoms. The summed E-state index contributed by atoms with van der Waals surface area (Å²) in [5.41, 5.74) is 5.30. The Kier molecular flexibility index (Phi) is 11.6. The fourth-order valence-corrected chi connectivity index (χ4v) is 2.05. The van der Waals surface area contributed by atoms with Crippen LogP contribution in [0.1, 0.15) is 33.6 Å². The number of hydrogen-bond acceptors (Lipinski definition) is 8. The van der Waals surface area contributed by atoms with Gasteiger partial charge in [-0.25, -0.2) is 0 Å². The normalized spacial score (nSPS) is 14.2. The fraction of sp³-hybridized carbons (Fsp3) is 0.733. The second-order valence-electron chi connectivity index (χ2n) is 5.75. The van der Waals surface area contributed by atoms with Crippen molar-refractivity contribution in [3.05, 3.63) is 0 Å². The molecule has 150 valence electrons. The summed E-state index contributed by atoms with van der Waals surface area (Å²) in [7, 11) is 0. The van der Waals surface area contributed by atoms with E-state index in [1.807, 2.05) is 0 Å². The number of carbonyl (C=O) groups is 4. The van der Waals surface area contributed by atoms with Crippen molar-refractivity contribution in [2.45, 2.75) is 58.1 Å². The standard InChI is InChI=1S/C15H27N3O7S/c1-8(2)24-9(3)25-13(20)6-17-14(21)11(7-26)18-12(19)5-4-10(16)15(22)23/h8-11,26H,4-7,16H2,1-3H3,(H,17,21)(H,18,19)(H,22,23). The molecule has 0 radical (unpaired) electrons. The van der Waals surface area contributed by atoms with Crippen molar-refractivity contribution in [3.63, 3.8) is 0 Å². The van der Waals surface area contributed by atoms with Gasteiger partial charge in [0.2, 0.25) is 11.8 Å². The van der Waals surface area contributed by atoms with Gasteiger partial charge in [-0.1, -0.05) is 0 Å². The van der Waals surface area contributed by atoms with Gasteiger partial charge in [0, 0.05) is 12.2 Å². The van der Waals surface area contributed by atoms with Gasteiger partial charge in [-0.05, 0) is 27.2 Å².